The number of hydrogen-bond acceptors (Lipinski definition) is 5. The van der Waals surface area contributed by atoms with Crippen molar-refractivity contribution in [3.8, 4) is 0 Å². The number of halogens is 4. The second-order valence-electron chi connectivity index (χ2n) is 8.88. The van der Waals surface area contributed by atoms with Gasteiger partial charge in [-0.2, -0.15) is 5.10 Å². The van der Waals surface area contributed by atoms with E-state index in [9.17, 15) is 9.18 Å². The minimum absolute atomic E-state index is 0.0311. The zero-order chi connectivity index (χ0) is 25.1. The number of aromatic amines is 1. The van der Waals surface area contributed by atoms with Crippen molar-refractivity contribution in [2.24, 2.45) is 5.92 Å². The molecule has 6 nitrogen and oxygen atoms in total. The van der Waals surface area contributed by atoms with E-state index in [2.05, 4.69) is 25.4 Å². The van der Waals surface area contributed by atoms with Gasteiger partial charge in [-0.05, 0) is 51.3 Å². The summed E-state index contributed by atoms with van der Waals surface area (Å²) in [7, 11) is 0. The quantitative estimate of drug-likeness (QED) is 0.369. The number of carbonyl (C=O) groups is 1. The number of nitrogens with zero attached hydrogens (tertiary/aromatic N) is 3. The molecule has 3 aromatic rings. The van der Waals surface area contributed by atoms with E-state index < -0.39 is 28.8 Å². The molecule has 0 amide bonds. The van der Waals surface area contributed by atoms with Crippen LogP contribution in [0.5, 0.6) is 0 Å². The molecule has 1 aliphatic rings. The number of carbonyl (C=O) groups excluding carboxylic acids is 1. The topological polar surface area (TPSA) is 73.9 Å². The summed E-state index contributed by atoms with van der Waals surface area (Å²) in [5, 5.41) is 9.60. The van der Waals surface area contributed by atoms with Crippen molar-refractivity contribution in [3.05, 3.63) is 69.3 Å². The number of aryl methyl sites for hydroxylation is 1. The molecule has 0 unspecified atom stereocenters. The minimum Gasteiger partial charge on any atom is -0.321 e. The first kappa shape index (κ1) is 25.2. The van der Waals surface area contributed by atoms with Crippen molar-refractivity contribution in [3.63, 3.8) is 0 Å². The minimum atomic E-state index is -1.02. The zero-order valence-corrected chi connectivity index (χ0v) is 20.4. The molecule has 0 atom stereocenters. The van der Waals surface area contributed by atoms with Crippen LogP contribution >= 0.6 is 11.6 Å². The van der Waals surface area contributed by atoms with Crippen molar-refractivity contribution >= 4 is 29.0 Å². The fourth-order valence-electron chi connectivity index (χ4n) is 4.37. The van der Waals surface area contributed by atoms with E-state index in [-0.39, 0.29) is 35.3 Å². The number of benzene rings is 1. The third-order valence-electron chi connectivity index (χ3n) is 6.31. The lowest BCUT2D eigenvalue weighted by Crippen LogP contribution is -2.34. The third-order valence-corrected chi connectivity index (χ3v) is 6.61. The monoisotopic (exact) mass is 505 g/mol. The summed E-state index contributed by atoms with van der Waals surface area (Å²) >= 11 is 5.88. The van der Waals surface area contributed by atoms with E-state index in [0.29, 0.717) is 31.0 Å². The number of piperidine rings is 1. The fourth-order valence-corrected chi connectivity index (χ4v) is 4.56. The van der Waals surface area contributed by atoms with Crippen LogP contribution in [0, 0.1) is 30.3 Å². The highest BCUT2D eigenvalue weighted by molar-refractivity contribution is 6.30. The maximum atomic E-state index is 15.3. The molecule has 0 saturated carbocycles. The van der Waals surface area contributed by atoms with Crippen molar-refractivity contribution in [2.75, 3.05) is 18.4 Å². The number of Topliss-reactive ketones (excluding diaryl/α,β-unsaturated/α-hetero) is 1. The molecule has 0 bridgehead atoms. The Hall–Kier alpha value is -2.91. The van der Waals surface area contributed by atoms with Gasteiger partial charge in [0, 0.05) is 30.3 Å². The van der Waals surface area contributed by atoms with E-state index in [1.54, 1.807) is 32.0 Å². The van der Waals surface area contributed by atoms with E-state index in [0.717, 1.165) is 18.5 Å². The number of rotatable bonds is 8. The molecule has 0 spiro atoms. The number of pyridine rings is 1. The molecule has 1 aromatic carbocycles. The molecule has 1 aliphatic heterocycles. The summed E-state index contributed by atoms with van der Waals surface area (Å²) in [4.78, 5) is 18.7. The number of likely N-dealkylation sites (tertiary alicyclic amines) is 1. The van der Waals surface area contributed by atoms with Gasteiger partial charge < -0.3 is 5.32 Å². The number of ketones is 1. The molecule has 1 saturated heterocycles. The van der Waals surface area contributed by atoms with E-state index >= 15 is 8.78 Å². The summed E-state index contributed by atoms with van der Waals surface area (Å²) < 4.78 is 44.6. The fraction of sp³-hybridized carbons (Fsp3) is 0.400. The normalized spacial score (nSPS) is 14.9. The van der Waals surface area contributed by atoms with Gasteiger partial charge in [0.25, 0.3) is 0 Å². The summed E-state index contributed by atoms with van der Waals surface area (Å²) in [5.74, 6) is -2.76. The van der Waals surface area contributed by atoms with Gasteiger partial charge in [-0.15, -0.1) is 0 Å². The predicted octanol–water partition coefficient (Wildman–Crippen LogP) is 5.97. The maximum absolute atomic E-state index is 15.3. The lowest BCUT2D eigenvalue weighted by atomic mass is 9.90. The summed E-state index contributed by atoms with van der Waals surface area (Å²) in [6, 6.07) is 6.61. The molecular weight excluding hydrogens is 479 g/mol. The molecule has 2 N–H and O–H groups in total. The number of aromatic nitrogens is 3. The van der Waals surface area contributed by atoms with Crippen molar-refractivity contribution < 1.29 is 18.0 Å². The Bertz CT molecular complexity index is 1220. The van der Waals surface area contributed by atoms with E-state index in [1.807, 2.05) is 0 Å². The van der Waals surface area contributed by atoms with Crippen LogP contribution in [-0.2, 0) is 13.0 Å². The first-order valence-electron chi connectivity index (χ1n) is 11.6. The van der Waals surface area contributed by atoms with Crippen molar-refractivity contribution in [2.45, 2.75) is 46.1 Å². The lowest BCUT2D eigenvalue weighted by molar-refractivity contribution is 0.0979. The van der Waals surface area contributed by atoms with Crippen LogP contribution in [0.1, 0.15) is 53.5 Å². The summed E-state index contributed by atoms with van der Waals surface area (Å²) in [6.07, 6.45) is 1.71. The van der Waals surface area contributed by atoms with Gasteiger partial charge in [0.1, 0.15) is 5.82 Å². The van der Waals surface area contributed by atoms with Crippen LogP contribution in [0.3, 0.4) is 0 Å². The average molecular weight is 506 g/mol. The van der Waals surface area contributed by atoms with Crippen LogP contribution in [0.25, 0.3) is 0 Å². The zero-order valence-electron chi connectivity index (χ0n) is 19.6. The summed E-state index contributed by atoms with van der Waals surface area (Å²) in [5.41, 5.74) is 0.775. The molecule has 186 valence electrons. The first-order chi connectivity index (χ1) is 16.8. The Kier molecular flexibility index (Phi) is 7.76. The Morgan fingerprint density at radius 3 is 2.60 bits per heavy atom. The number of hydrogen-bond donors (Lipinski definition) is 2. The van der Waals surface area contributed by atoms with Gasteiger partial charge in [-0.25, -0.2) is 18.2 Å². The second-order valence-corrected chi connectivity index (χ2v) is 9.29. The number of nitrogens with one attached hydrogen (secondary N) is 2. The standard InChI is InChI=1S/C25H27ClF3N5O/c1-3-19(35)21-23(28)18(30-25(24(21)29)31-20-11-14(2)32-33-20)12-15-7-9-34(10-8-15)13-16-5-4-6-17(26)22(16)27/h4-6,11,15H,3,7-10,12-13H2,1-2H3,(H2,30,31,32,33). The predicted molar refractivity (Wildman–Crippen MR) is 128 cm³/mol. The summed E-state index contributed by atoms with van der Waals surface area (Å²) in [6.45, 7) is 5.17. The van der Waals surface area contributed by atoms with Crippen molar-refractivity contribution in [1.29, 1.82) is 0 Å². The highest BCUT2D eigenvalue weighted by Gasteiger charge is 2.28. The molecule has 0 aliphatic carbocycles. The Morgan fingerprint density at radius 2 is 1.94 bits per heavy atom. The van der Waals surface area contributed by atoms with E-state index in [4.69, 9.17) is 11.6 Å². The van der Waals surface area contributed by atoms with Gasteiger partial charge in [0.05, 0.1) is 16.3 Å². The van der Waals surface area contributed by atoms with Crippen LogP contribution in [0.15, 0.2) is 24.3 Å². The molecule has 2 aromatic heterocycles. The lowest BCUT2D eigenvalue weighted by Gasteiger charge is -2.32. The molecule has 1 fully saturated rings. The molecule has 35 heavy (non-hydrogen) atoms. The van der Waals surface area contributed by atoms with Gasteiger partial charge in [-0.3, -0.25) is 14.8 Å². The van der Waals surface area contributed by atoms with Crippen LogP contribution in [-0.4, -0.2) is 39.0 Å². The Balaban J connectivity index is 1.50. The largest absolute Gasteiger partial charge is 0.321 e. The number of H-pyrrole nitrogens is 1. The van der Waals surface area contributed by atoms with Crippen LogP contribution in [0.2, 0.25) is 5.02 Å². The van der Waals surface area contributed by atoms with Crippen LogP contribution < -0.4 is 5.32 Å². The second kappa shape index (κ2) is 10.8. The molecule has 10 heteroatoms. The van der Waals surface area contributed by atoms with Crippen molar-refractivity contribution in [1.82, 2.24) is 20.1 Å². The molecular formula is C25H27ClF3N5O. The first-order valence-corrected chi connectivity index (χ1v) is 12.0. The maximum Gasteiger partial charge on any atom is 0.179 e. The molecule has 4 rings (SSSR count). The highest BCUT2D eigenvalue weighted by Crippen LogP contribution is 2.30. The van der Waals surface area contributed by atoms with Gasteiger partial charge in [0.2, 0.25) is 0 Å². The van der Waals surface area contributed by atoms with Gasteiger partial charge in [0.15, 0.2) is 29.1 Å². The number of anilines is 2. The Morgan fingerprint density at radius 1 is 1.20 bits per heavy atom. The van der Waals surface area contributed by atoms with Crippen LogP contribution in [0.4, 0.5) is 24.8 Å². The van der Waals surface area contributed by atoms with E-state index in [1.165, 1.54) is 6.07 Å². The third kappa shape index (κ3) is 5.67. The highest BCUT2D eigenvalue weighted by atomic mass is 35.5. The average Bonchev–Trinajstić information content (AvgIpc) is 3.25. The van der Waals surface area contributed by atoms with Gasteiger partial charge in [-0.1, -0.05) is 30.7 Å². The van der Waals surface area contributed by atoms with Gasteiger partial charge >= 0.3 is 0 Å². The molecule has 3 heterocycles. The smallest absolute Gasteiger partial charge is 0.179 e. The Labute approximate surface area is 206 Å². The molecule has 0 radical (unpaired) electrons. The SMILES string of the molecule is CCC(=O)c1c(F)c(CC2CCN(Cc3cccc(Cl)c3F)CC2)nc(Nc2cc(C)[nH]n2)c1F.